The van der Waals surface area contributed by atoms with Gasteiger partial charge < -0.3 is 5.73 Å². The summed E-state index contributed by atoms with van der Waals surface area (Å²) in [6, 6.07) is 10.6. The van der Waals surface area contributed by atoms with E-state index in [4.69, 9.17) is 5.73 Å². The third-order valence-electron chi connectivity index (χ3n) is 6.69. The van der Waals surface area contributed by atoms with Gasteiger partial charge in [0.15, 0.2) is 5.78 Å². The topological polar surface area (TPSA) is 55.5 Å². The minimum atomic E-state index is 0.0156. The third-order valence-corrected chi connectivity index (χ3v) is 6.69. The van der Waals surface area contributed by atoms with Gasteiger partial charge in [0.05, 0.1) is 0 Å². The average molecular weight is 435 g/mol. The van der Waals surface area contributed by atoms with E-state index in [9.17, 15) is 4.79 Å². The number of hydrogen-bond donors (Lipinski definition) is 1. The number of rotatable bonds is 6. The molecule has 3 heteroatoms. The lowest BCUT2D eigenvalue weighted by Gasteiger charge is -2.23. The van der Waals surface area contributed by atoms with Crippen LogP contribution in [0, 0.1) is 19.8 Å². The second kappa shape index (κ2) is 12.6. The van der Waals surface area contributed by atoms with Gasteiger partial charge in [-0.25, -0.2) is 0 Å². The zero-order valence-corrected chi connectivity index (χ0v) is 21.1. The van der Waals surface area contributed by atoms with Gasteiger partial charge in [0, 0.05) is 24.0 Å². The monoisotopic (exact) mass is 434 g/mol. The number of carbonyl (C=O) groups excluding carboxylic acids is 1. The summed E-state index contributed by atoms with van der Waals surface area (Å²) in [5.41, 5.74) is 14.8. The van der Waals surface area contributed by atoms with E-state index in [0.29, 0.717) is 11.3 Å². The van der Waals surface area contributed by atoms with Gasteiger partial charge in [0.2, 0.25) is 0 Å². The fourth-order valence-electron chi connectivity index (χ4n) is 4.76. The van der Waals surface area contributed by atoms with Crippen molar-refractivity contribution in [2.75, 3.05) is 12.8 Å². The summed E-state index contributed by atoms with van der Waals surface area (Å²) in [5, 5.41) is 0. The maximum atomic E-state index is 11.7. The highest BCUT2D eigenvalue weighted by atomic mass is 16.1. The number of aliphatic imine (C=N–C) groups is 1. The summed E-state index contributed by atoms with van der Waals surface area (Å²) in [6.07, 6.45) is 9.96. The zero-order chi connectivity index (χ0) is 23.7. The molecule has 3 nitrogen and oxygen atoms in total. The van der Waals surface area contributed by atoms with Crippen molar-refractivity contribution in [3.05, 3.63) is 63.7 Å². The average Bonchev–Trinajstić information content (AvgIpc) is 2.78. The molecule has 0 aromatic heterocycles. The molecular formula is C29H42N2O. The Morgan fingerprint density at radius 1 is 0.969 bits per heavy atom. The molecule has 0 amide bonds. The summed E-state index contributed by atoms with van der Waals surface area (Å²) in [6.45, 7) is 10.2. The summed E-state index contributed by atoms with van der Waals surface area (Å²) in [5.74, 6) is 0.747. The molecule has 0 spiro atoms. The number of benzene rings is 2. The van der Waals surface area contributed by atoms with Gasteiger partial charge in [0.1, 0.15) is 0 Å². The van der Waals surface area contributed by atoms with Gasteiger partial charge in [0.25, 0.3) is 0 Å². The van der Waals surface area contributed by atoms with Crippen molar-refractivity contribution >= 4 is 17.2 Å². The predicted molar refractivity (Wildman–Crippen MR) is 139 cm³/mol. The molecule has 0 atom stereocenters. The van der Waals surface area contributed by atoms with Crippen molar-refractivity contribution in [3.63, 3.8) is 0 Å². The SMILES string of the molecule is CCc1ccc(C)cc1CC.CN=C(CC1CCCCC1)c1cc(C(C)=O)c(N)cc1C. The van der Waals surface area contributed by atoms with E-state index in [1.165, 1.54) is 48.8 Å². The molecule has 0 aliphatic heterocycles. The lowest BCUT2D eigenvalue weighted by Crippen LogP contribution is -2.15. The molecule has 2 aromatic rings. The van der Waals surface area contributed by atoms with E-state index in [1.807, 2.05) is 26.1 Å². The molecule has 0 bridgehead atoms. The first-order valence-electron chi connectivity index (χ1n) is 12.3. The number of nitrogens with zero attached hydrogens (tertiary/aromatic N) is 1. The molecule has 3 rings (SSSR count). The van der Waals surface area contributed by atoms with E-state index in [1.54, 1.807) is 6.92 Å². The fourth-order valence-corrected chi connectivity index (χ4v) is 4.76. The van der Waals surface area contributed by atoms with Crippen molar-refractivity contribution in [1.29, 1.82) is 0 Å². The normalized spacial score (nSPS) is 14.6. The number of Topliss-reactive ketones (excluding diaryl/α,β-unsaturated/α-hetero) is 1. The Morgan fingerprint density at radius 2 is 1.62 bits per heavy atom. The quantitative estimate of drug-likeness (QED) is 0.295. The molecule has 1 saturated carbocycles. The molecule has 1 fully saturated rings. The van der Waals surface area contributed by atoms with Crippen LogP contribution in [-0.2, 0) is 12.8 Å². The molecule has 32 heavy (non-hydrogen) atoms. The van der Waals surface area contributed by atoms with Crippen molar-refractivity contribution in [1.82, 2.24) is 0 Å². The Morgan fingerprint density at radius 3 is 2.19 bits per heavy atom. The van der Waals surface area contributed by atoms with Crippen LogP contribution < -0.4 is 5.73 Å². The molecule has 174 valence electrons. The second-order valence-electron chi connectivity index (χ2n) is 9.17. The largest absolute Gasteiger partial charge is 0.398 e. The zero-order valence-electron chi connectivity index (χ0n) is 21.1. The molecular weight excluding hydrogens is 392 g/mol. The van der Waals surface area contributed by atoms with Crippen molar-refractivity contribution in [3.8, 4) is 0 Å². The van der Waals surface area contributed by atoms with E-state index >= 15 is 0 Å². The molecule has 2 N–H and O–H groups in total. The van der Waals surface area contributed by atoms with Crippen molar-refractivity contribution in [2.45, 2.75) is 86.0 Å². The maximum Gasteiger partial charge on any atom is 0.161 e. The Labute approximate surface area is 195 Å². The number of nitrogen functional groups attached to an aromatic ring is 1. The number of carbonyl (C=O) groups is 1. The van der Waals surface area contributed by atoms with Crippen LogP contribution in [-0.4, -0.2) is 18.5 Å². The Balaban J connectivity index is 0.000000278. The van der Waals surface area contributed by atoms with Crippen LogP contribution in [0.4, 0.5) is 5.69 Å². The second-order valence-corrected chi connectivity index (χ2v) is 9.17. The highest BCUT2D eigenvalue weighted by Gasteiger charge is 2.19. The van der Waals surface area contributed by atoms with Crippen LogP contribution in [0.5, 0.6) is 0 Å². The van der Waals surface area contributed by atoms with Crippen molar-refractivity contribution in [2.24, 2.45) is 10.9 Å². The first kappa shape index (κ1) is 25.8. The van der Waals surface area contributed by atoms with Crippen LogP contribution in [0.2, 0.25) is 0 Å². The predicted octanol–water partition coefficient (Wildman–Crippen LogP) is 7.29. The van der Waals surface area contributed by atoms with Gasteiger partial charge >= 0.3 is 0 Å². The Kier molecular flexibility index (Phi) is 10.2. The summed E-state index contributed by atoms with van der Waals surface area (Å²) < 4.78 is 0. The smallest absolute Gasteiger partial charge is 0.161 e. The highest BCUT2D eigenvalue weighted by Crippen LogP contribution is 2.29. The summed E-state index contributed by atoms with van der Waals surface area (Å²) in [4.78, 5) is 16.2. The molecule has 1 aliphatic rings. The lowest BCUT2D eigenvalue weighted by molar-refractivity contribution is 0.101. The number of aryl methyl sites for hydroxylation is 4. The van der Waals surface area contributed by atoms with Gasteiger partial charge in [-0.3, -0.25) is 9.79 Å². The van der Waals surface area contributed by atoms with Gasteiger partial charge in [-0.05, 0) is 80.3 Å². The number of nitrogens with two attached hydrogens (primary N) is 1. The van der Waals surface area contributed by atoms with E-state index in [-0.39, 0.29) is 5.78 Å². The molecule has 0 saturated heterocycles. The Bertz CT molecular complexity index is 936. The molecule has 0 heterocycles. The molecule has 1 aliphatic carbocycles. The van der Waals surface area contributed by atoms with Crippen LogP contribution in [0.1, 0.15) is 97.5 Å². The minimum Gasteiger partial charge on any atom is -0.398 e. The molecule has 2 aromatic carbocycles. The van der Waals surface area contributed by atoms with Crippen LogP contribution >= 0.6 is 0 Å². The number of ketones is 1. The van der Waals surface area contributed by atoms with Gasteiger partial charge in [-0.15, -0.1) is 0 Å². The van der Waals surface area contributed by atoms with Gasteiger partial charge in [-0.2, -0.15) is 0 Å². The number of hydrogen-bond acceptors (Lipinski definition) is 3. The van der Waals surface area contributed by atoms with Crippen LogP contribution in [0.3, 0.4) is 0 Å². The molecule has 0 radical (unpaired) electrons. The summed E-state index contributed by atoms with van der Waals surface area (Å²) >= 11 is 0. The first-order valence-corrected chi connectivity index (χ1v) is 12.3. The van der Waals surface area contributed by atoms with Crippen molar-refractivity contribution < 1.29 is 4.79 Å². The highest BCUT2D eigenvalue weighted by molar-refractivity contribution is 6.06. The third kappa shape index (κ3) is 7.05. The van der Waals surface area contributed by atoms with E-state index < -0.39 is 0 Å². The summed E-state index contributed by atoms with van der Waals surface area (Å²) in [7, 11) is 1.85. The first-order chi connectivity index (χ1) is 15.3. The maximum absolute atomic E-state index is 11.7. The van der Waals surface area contributed by atoms with Crippen LogP contribution in [0.25, 0.3) is 0 Å². The minimum absolute atomic E-state index is 0.0156. The lowest BCUT2D eigenvalue weighted by atomic mass is 9.83. The Hall–Kier alpha value is -2.42. The standard InChI is InChI=1S/C18H26N2O.C11H16/c1-12-9-17(19)16(13(2)21)11-15(12)18(20-3)10-14-7-5-4-6-8-14;1-4-10-7-6-9(3)8-11(10)5-2/h9,11,14H,4-8,10,19H2,1-3H3;6-8H,4-5H2,1-3H3. The van der Waals surface area contributed by atoms with E-state index in [2.05, 4.69) is 44.0 Å². The van der Waals surface area contributed by atoms with Gasteiger partial charge in [-0.1, -0.05) is 69.7 Å². The fraction of sp³-hybridized carbons (Fsp3) is 0.517. The van der Waals surface area contributed by atoms with Crippen LogP contribution in [0.15, 0.2) is 35.3 Å². The number of anilines is 1. The molecule has 0 unspecified atom stereocenters. The van der Waals surface area contributed by atoms with E-state index in [0.717, 1.165) is 42.0 Å².